The van der Waals surface area contributed by atoms with E-state index in [1.54, 1.807) is 25.2 Å². The van der Waals surface area contributed by atoms with Crippen LogP contribution in [0.2, 0.25) is 0 Å². The van der Waals surface area contributed by atoms with Crippen LogP contribution < -0.4 is 14.8 Å². The van der Waals surface area contributed by atoms with Crippen molar-refractivity contribution in [3.8, 4) is 11.5 Å². The molecule has 1 saturated carbocycles. The molecule has 1 aromatic carbocycles. The van der Waals surface area contributed by atoms with Crippen LogP contribution in [0.4, 0.5) is 0 Å². The molecule has 0 spiro atoms. The van der Waals surface area contributed by atoms with E-state index in [9.17, 15) is 9.59 Å². The van der Waals surface area contributed by atoms with Crippen molar-refractivity contribution in [1.82, 2.24) is 15.2 Å². The zero-order valence-corrected chi connectivity index (χ0v) is 16.0. The average Bonchev–Trinajstić information content (AvgIpc) is 3.55. The lowest BCUT2D eigenvalue weighted by Crippen LogP contribution is -2.36. The molecule has 0 radical (unpaired) electrons. The van der Waals surface area contributed by atoms with Crippen molar-refractivity contribution >= 4 is 11.8 Å². The van der Waals surface area contributed by atoms with Gasteiger partial charge in [0.2, 0.25) is 0 Å². The first kappa shape index (κ1) is 18.3. The van der Waals surface area contributed by atoms with Crippen molar-refractivity contribution in [2.45, 2.75) is 31.8 Å². The normalized spacial score (nSPS) is 15.6. The Bertz CT molecular complexity index is 924. The average molecular weight is 381 g/mol. The van der Waals surface area contributed by atoms with E-state index in [4.69, 9.17) is 9.47 Å². The third kappa shape index (κ3) is 3.65. The maximum absolute atomic E-state index is 13.0. The molecule has 1 N–H and O–H groups in total. The van der Waals surface area contributed by atoms with Gasteiger partial charge in [-0.3, -0.25) is 14.6 Å². The number of carbonyl (C=O) groups excluding carboxylic acids is 2. The molecule has 2 amide bonds. The van der Waals surface area contributed by atoms with Gasteiger partial charge in [0.05, 0.1) is 25.3 Å². The van der Waals surface area contributed by atoms with Gasteiger partial charge in [-0.1, -0.05) is 0 Å². The number of ether oxygens (including phenoxy) is 2. The maximum Gasteiger partial charge on any atom is 0.255 e. The Balaban J connectivity index is 1.52. The fraction of sp³-hybridized carbons (Fsp3) is 0.381. The first-order chi connectivity index (χ1) is 13.6. The van der Waals surface area contributed by atoms with Gasteiger partial charge in [0.1, 0.15) is 0 Å². The molecule has 7 heteroatoms. The second-order valence-electron chi connectivity index (χ2n) is 7.16. The van der Waals surface area contributed by atoms with Crippen LogP contribution in [-0.4, -0.2) is 48.5 Å². The Morgan fingerprint density at radius 1 is 1.04 bits per heavy atom. The van der Waals surface area contributed by atoms with Gasteiger partial charge in [-0.2, -0.15) is 0 Å². The van der Waals surface area contributed by atoms with Crippen molar-refractivity contribution in [1.29, 1.82) is 0 Å². The number of fused-ring (bicyclic) bond motifs is 1. The van der Waals surface area contributed by atoms with Gasteiger partial charge >= 0.3 is 0 Å². The van der Waals surface area contributed by atoms with Crippen molar-refractivity contribution in [2.75, 3.05) is 20.8 Å². The number of nitrogens with one attached hydrogen (secondary N) is 1. The summed E-state index contributed by atoms with van der Waals surface area (Å²) in [6, 6.07) is 5.78. The van der Waals surface area contributed by atoms with Crippen LogP contribution in [-0.2, 0) is 13.0 Å². The van der Waals surface area contributed by atoms with Gasteiger partial charge in [-0.25, -0.2) is 0 Å². The van der Waals surface area contributed by atoms with Crippen molar-refractivity contribution in [3.05, 3.63) is 52.8 Å². The van der Waals surface area contributed by atoms with E-state index in [0.29, 0.717) is 35.7 Å². The minimum absolute atomic E-state index is 0.131. The Morgan fingerprint density at radius 2 is 1.71 bits per heavy atom. The van der Waals surface area contributed by atoms with E-state index in [1.807, 2.05) is 12.1 Å². The monoisotopic (exact) mass is 381 g/mol. The third-order valence-corrected chi connectivity index (χ3v) is 5.17. The molecule has 1 aliphatic heterocycles. The number of methoxy groups -OCH3 is 2. The van der Waals surface area contributed by atoms with Crippen molar-refractivity contribution in [2.24, 2.45) is 0 Å². The quantitative estimate of drug-likeness (QED) is 0.859. The fourth-order valence-electron chi connectivity index (χ4n) is 3.42. The number of hydrogen-bond donors (Lipinski definition) is 1. The molecule has 7 nitrogen and oxygen atoms in total. The summed E-state index contributed by atoms with van der Waals surface area (Å²) < 4.78 is 10.7. The highest BCUT2D eigenvalue weighted by Crippen LogP contribution is 2.33. The second-order valence-corrected chi connectivity index (χ2v) is 7.16. The number of hydrogen-bond acceptors (Lipinski definition) is 5. The molecule has 146 valence electrons. The summed E-state index contributed by atoms with van der Waals surface area (Å²) in [5.74, 6) is 1.04. The minimum atomic E-state index is -0.175. The van der Waals surface area contributed by atoms with Crippen LogP contribution in [0.1, 0.15) is 44.7 Å². The minimum Gasteiger partial charge on any atom is -0.493 e. The van der Waals surface area contributed by atoms with E-state index >= 15 is 0 Å². The summed E-state index contributed by atoms with van der Waals surface area (Å²) in [6.07, 6.45) is 5.77. The summed E-state index contributed by atoms with van der Waals surface area (Å²) in [4.78, 5) is 31.1. The lowest BCUT2D eigenvalue weighted by atomic mass is 9.98. The van der Waals surface area contributed by atoms with Gasteiger partial charge in [-0.15, -0.1) is 0 Å². The van der Waals surface area contributed by atoms with Crippen LogP contribution >= 0.6 is 0 Å². The van der Waals surface area contributed by atoms with E-state index in [2.05, 4.69) is 10.3 Å². The summed E-state index contributed by atoms with van der Waals surface area (Å²) in [5.41, 5.74) is 3.03. The number of aromatic nitrogens is 1. The highest BCUT2D eigenvalue weighted by molar-refractivity contribution is 5.99. The fourth-order valence-corrected chi connectivity index (χ4v) is 3.42. The summed E-state index contributed by atoms with van der Waals surface area (Å²) in [6.45, 7) is 1.08. The number of carbonyl (C=O) groups is 2. The Kier molecular flexibility index (Phi) is 4.90. The molecule has 0 atom stereocenters. The smallest absolute Gasteiger partial charge is 0.255 e. The number of rotatable bonds is 5. The zero-order valence-electron chi connectivity index (χ0n) is 16.0. The molecule has 1 aromatic heterocycles. The molecule has 1 fully saturated rings. The number of pyridine rings is 1. The molecule has 1 aliphatic carbocycles. The van der Waals surface area contributed by atoms with Crippen LogP contribution in [0.15, 0.2) is 30.6 Å². The van der Waals surface area contributed by atoms with Crippen molar-refractivity contribution in [3.63, 3.8) is 0 Å². The molecule has 4 rings (SSSR count). The highest BCUT2D eigenvalue weighted by Gasteiger charge is 2.26. The maximum atomic E-state index is 13.0. The number of benzene rings is 1. The van der Waals surface area contributed by atoms with Crippen LogP contribution in [0.25, 0.3) is 0 Å². The molecule has 0 unspecified atom stereocenters. The first-order valence-corrected chi connectivity index (χ1v) is 9.38. The molecule has 0 saturated heterocycles. The highest BCUT2D eigenvalue weighted by atomic mass is 16.5. The second kappa shape index (κ2) is 7.50. The molecule has 2 heterocycles. The van der Waals surface area contributed by atoms with E-state index in [-0.39, 0.29) is 17.9 Å². The molecular formula is C21H23N3O4. The first-order valence-electron chi connectivity index (χ1n) is 9.38. The van der Waals surface area contributed by atoms with Crippen LogP contribution in [0.3, 0.4) is 0 Å². The summed E-state index contributed by atoms with van der Waals surface area (Å²) >= 11 is 0. The zero-order chi connectivity index (χ0) is 19.7. The van der Waals surface area contributed by atoms with Crippen LogP contribution in [0.5, 0.6) is 11.5 Å². The lowest BCUT2D eigenvalue weighted by Gasteiger charge is -2.29. The van der Waals surface area contributed by atoms with Gasteiger partial charge in [-0.05, 0) is 48.6 Å². The van der Waals surface area contributed by atoms with E-state index in [0.717, 1.165) is 30.4 Å². The molecule has 2 aliphatic rings. The molecule has 28 heavy (non-hydrogen) atoms. The predicted molar refractivity (Wildman–Crippen MR) is 103 cm³/mol. The Hall–Kier alpha value is -3.09. The predicted octanol–water partition coefficient (Wildman–Crippen LogP) is 2.19. The molecular weight excluding hydrogens is 358 g/mol. The Morgan fingerprint density at radius 3 is 2.39 bits per heavy atom. The van der Waals surface area contributed by atoms with E-state index in [1.165, 1.54) is 12.4 Å². The standard InChI is InChI=1S/C21H23N3O4/c1-27-18-8-13-5-6-24(12-16(13)9-19(18)28-2)21(26)15-7-14(10-22-11-15)20(25)23-17-3-4-17/h7-11,17H,3-6,12H2,1-2H3,(H,23,25). The van der Waals surface area contributed by atoms with E-state index < -0.39 is 0 Å². The largest absolute Gasteiger partial charge is 0.493 e. The van der Waals surface area contributed by atoms with Gasteiger partial charge in [0, 0.05) is 31.5 Å². The topological polar surface area (TPSA) is 80.8 Å². The van der Waals surface area contributed by atoms with Crippen LogP contribution in [0, 0.1) is 0 Å². The summed E-state index contributed by atoms with van der Waals surface area (Å²) in [5, 5.41) is 2.92. The van der Waals surface area contributed by atoms with Gasteiger partial charge in [0.25, 0.3) is 11.8 Å². The SMILES string of the molecule is COc1cc2c(cc1OC)CN(C(=O)c1cncc(C(=O)NC3CC3)c1)CC2. The number of amides is 2. The number of nitrogens with zero attached hydrogens (tertiary/aromatic N) is 2. The molecule has 0 bridgehead atoms. The lowest BCUT2D eigenvalue weighted by molar-refractivity contribution is 0.0734. The molecule has 2 aromatic rings. The van der Waals surface area contributed by atoms with Crippen molar-refractivity contribution < 1.29 is 19.1 Å². The summed E-state index contributed by atoms with van der Waals surface area (Å²) in [7, 11) is 3.21. The Labute approximate surface area is 163 Å². The third-order valence-electron chi connectivity index (χ3n) is 5.17. The van der Waals surface area contributed by atoms with Gasteiger partial charge in [0.15, 0.2) is 11.5 Å². The van der Waals surface area contributed by atoms with Gasteiger partial charge < -0.3 is 19.7 Å².